The molecule has 7 nitrogen and oxygen atoms in total. The molecule has 0 fully saturated rings. The van der Waals surface area contributed by atoms with Gasteiger partial charge in [-0.05, 0) is 12.1 Å². The van der Waals surface area contributed by atoms with Crippen molar-refractivity contribution in [2.24, 2.45) is 0 Å². The number of nitrogens with one attached hydrogen (secondary N) is 1. The number of aromatic nitrogens is 4. The number of Topliss-reactive ketones (excluding diaryl/α,β-unsaturated/α-hetero) is 1. The molecule has 2 aromatic heterocycles. The maximum Gasteiger partial charge on any atom is 0.255 e. The van der Waals surface area contributed by atoms with Gasteiger partial charge >= 0.3 is 0 Å². The topological polar surface area (TPSA) is 89.8 Å². The monoisotopic (exact) mass is 415 g/mol. The summed E-state index contributed by atoms with van der Waals surface area (Å²) >= 11 is 0. The molecule has 4 rings (SSSR count). The molecule has 0 aliphatic rings. The number of nitrogens with zero attached hydrogens (tertiary/aromatic N) is 4. The summed E-state index contributed by atoms with van der Waals surface area (Å²) in [5.74, 6) is -0.809. The highest BCUT2D eigenvalue weighted by atomic mass is 19.1. The van der Waals surface area contributed by atoms with Crippen molar-refractivity contribution in [1.82, 2.24) is 24.8 Å². The molecular formula is C23H18FN5O2. The first-order chi connectivity index (χ1) is 15.1. The summed E-state index contributed by atoms with van der Waals surface area (Å²) < 4.78 is 15.1. The molecule has 1 amide bonds. The summed E-state index contributed by atoms with van der Waals surface area (Å²) in [6, 6.07) is 13.8. The van der Waals surface area contributed by atoms with Crippen molar-refractivity contribution < 1.29 is 14.0 Å². The van der Waals surface area contributed by atoms with Crippen molar-refractivity contribution in [1.29, 1.82) is 0 Å². The van der Waals surface area contributed by atoms with Crippen LogP contribution in [0.15, 0.2) is 85.7 Å². The Morgan fingerprint density at radius 3 is 2.45 bits per heavy atom. The lowest BCUT2D eigenvalue weighted by atomic mass is 10.0. The number of imidazole rings is 1. The Bertz CT molecular complexity index is 1180. The van der Waals surface area contributed by atoms with E-state index in [9.17, 15) is 14.0 Å². The second-order valence-corrected chi connectivity index (χ2v) is 6.82. The van der Waals surface area contributed by atoms with Crippen LogP contribution in [-0.4, -0.2) is 37.3 Å². The highest BCUT2D eigenvalue weighted by Crippen LogP contribution is 2.15. The van der Waals surface area contributed by atoms with E-state index >= 15 is 0 Å². The Morgan fingerprint density at radius 2 is 1.77 bits per heavy atom. The van der Waals surface area contributed by atoms with Crippen molar-refractivity contribution in [3.63, 3.8) is 0 Å². The zero-order valence-corrected chi connectivity index (χ0v) is 16.4. The van der Waals surface area contributed by atoms with E-state index in [1.54, 1.807) is 59.7 Å². The van der Waals surface area contributed by atoms with Crippen LogP contribution in [0.1, 0.15) is 20.7 Å². The van der Waals surface area contributed by atoms with E-state index in [2.05, 4.69) is 20.3 Å². The standard InChI is InChI=1S/C23H18FN5O2/c24-19-8-4-7-17(11-19)22-26-12-18(13-27-22)23(31)28-20(14-29-10-9-25-15-29)21(30)16-5-2-1-3-6-16/h1-13,15,20H,14H2,(H,28,31). The molecule has 31 heavy (non-hydrogen) atoms. The third-order valence-electron chi connectivity index (χ3n) is 4.63. The molecular weight excluding hydrogens is 397 g/mol. The van der Waals surface area contributed by atoms with E-state index in [1.807, 2.05) is 6.07 Å². The van der Waals surface area contributed by atoms with Gasteiger partial charge in [0.2, 0.25) is 0 Å². The lowest BCUT2D eigenvalue weighted by Crippen LogP contribution is -2.43. The number of hydrogen-bond acceptors (Lipinski definition) is 5. The number of rotatable bonds is 7. The van der Waals surface area contributed by atoms with Gasteiger partial charge in [0.05, 0.1) is 18.4 Å². The number of carbonyl (C=O) groups is 2. The predicted octanol–water partition coefficient (Wildman–Crippen LogP) is 3.16. The van der Waals surface area contributed by atoms with E-state index in [1.165, 1.54) is 24.5 Å². The lowest BCUT2D eigenvalue weighted by Gasteiger charge is -2.18. The lowest BCUT2D eigenvalue weighted by molar-refractivity contribution is 0.0847. The molecule has 1 atom stereocenters. The zero-order valence-electron chi connectivity index (χ0n) is 16.4. The Morgan fingerprint density at radius 1 is 1.00 bits per heavy atom. The van der Waals surface area contributed by atoms with Crippen molar-refractivity contribution in [2.45, 2.75) is 12.6 Å². The highest BCUT2D eigenvalue weighted by molar-refractivity contribution is 6.04. The summed E-state index contributed by atoms with van der Waals surface area (Å²) in [5.41, 5.74) is 1.19. The van der Waals surface area contributed by atoms with Crippen LogP contribution in [0.3, 0.4) is 0 Å². The van der Waals surface area contributed by atoms with E-state index in [4.69, 9.17) is 0 Å². The molecule has 0 aliphatic carbocycles. The van der Waals surface area contributed by atoms with Crippen LogP contribution in [0.25, 0.3) is 11.4 Å². The molecule has 0 saturated heterocycles. The minimum absolute atomic E-state index is 0.191. The first kappa shape index (κ1) is 20.1. The fourth-order valence-corrected chi connectivity index (χ4v) is 3.07. The van der Waals surface area contributed by atoms with Crippen LogP contribution in [-0.2, 0) is 6.54 Å². The van der Waals surface area contributed by atoms with Crippen LogP contribution in [0, 0.1) is 5.82 Å². The number of amides is 1. The number of ketones is 1. The van der Waals surface area contributed by atoms with Gasteiger partial charge in [-0.2, -0.15) is 0 Å². The summed E-state index contributed by atoms with van der Waals surface area (Å²) in [6.07, 6.45) is 7.60. The molecule has 2 aromatic carbocycles. The maximum absolute atomic E-state index is 13.4. The van der Waals surface area contributed by atoms with Gasteiger partial charge < -0.3 is 9.88 Å². The first-order valence-electron chi connectivity index (χ1n) is 9.54. The zero-order chi connectivity index (χ0) is 21.6. The molecule has 0 saturated carbocycles. The van der Waals surface area contributed by atoms with Crippen LogP contribution in [0.2, 0.25) is 0 Å². The Balaban J connectivity index is 1.53. The van der Waals surface area contributed by atoms with Crippen molar-refractivity contribution in [3.8, 4) is 11.4 Å². The number of carbonyl (C=O) groups excluding carboxylic acids is 2. The summed E-state index contributed by atoms with van der Waals surface area (Å²) in [6.45, 7) is 0.224. The molecule has 154 valence electrons. The smallest absolute Gasteiger partial charge is 0.255 e. The van der Waals surface area contributed by atoms with Crippen molar-refractivity contribution >= 4 is 11.7 Å². The van der Waals surface area contributed by atoms with Gasteiger partial charge in [0.25, 0.3) is 5.91 Å². The van der Waals surface area contributed by atoms with E-state index < -0.39 is 17.8 Å². The van der Waals surface area contributed by atoms with Gasteiger partial charge in [0.1, 0.15) is 11.9 Å². The summed E-state index contributed by atoms with van der Waals surface area (Å²) in [5, 5.41) is 2.76. The van der Waals surface area contributed by atoms with Crippen LogP contribution >= 0.6 is 0 Å². The highest BCUT2D eigenvalue weighted by Gasteiger charge is 2.23. The number of benzene rings is 2. The number of hydrogen-bond donors (Lipinski definition) is 1. The summed E-state index contributed by atoms with van der Waals surface area (Å²) in [7, 11) is 0. The van der Waals surface area contributed by atoms with Gasteiger partial charge in [0.15, 0.2) is 11.6 Å². The normalized spacial score (nSPS) is 11.6. The maximum atomic E-state index is 13.4. The van der Waals surface area contributed by atoms with Gasteiger partial charge in [0, 0.05) is 35.9 Å². The van der Waals surface area contributed by atoms with Crippen LogP contribution in [0.5, 0.6) is 0 Å². The van der Waals surface area contributed by atoms with Gasteiger partial charge in [-0.3, -0.25) is 9.59 Å². The Hall–Kier alpha value is -4.20. The SMILES string of the molecule is O=C(NC(Cn1ccnc1)C(=O)c1ccccc1)c1cnc(-c2cccc(F)c2)nc1. The number of halogens is 1. The molecule has 1 N–H and O–H groups in total. The predicted molar refractivity (Wildman–Crippen MR) is 112 cm³/mol. The minimum Gasteiger partial charge on any atom is -0.340 e. The average molecular weight is 415 g/mol. The second kappa shape index (κ2) is 9.08. The van der Waals surface area contributed by atoms with Crippen molar-refractivity contribution in [2.75, 3.05) is 0 Å². The first-order valence-corrected chi connectivity index (χ1v) is 9.54. The minimum atomic E-state index is -0.813. The molecule has 0 bridgehead atoms. The molecule has 0 radical (unpaired) electrons. The quantitative estimate of drug-likeness (QED) is 0.469. The molecule has 0 aliphatic heterocycles. The second-order valence-electron chi connectivity index (χ2n) is 6.82. The van der Waals surface area contributed by atoms with Gasteiger partial charge in [-0.1, -0.05) is 42.5 Å². The van der Waals surface area contributed by atoms with E-state index in [0.717, 1.165) is 0 Å². The Kier molecular flexibility index (Phi) is 5.89. The summed E-state index contributed by atoms with van der Waals surface area (Å²) in [4.78, 5) is 38.1. The van der Waals surface area contributed by atoms with E-state index in [-0.39, 0.29) is 17.9 Å². The van der Waals surface area contributed by atoms with E-state index in [0.29, 0.717) is 17.0 Å². The molecule has 1 unspecified atom stereocenters. The molecule has 8 heteroatoms. The fourth-order valence-electron chi connectivity index (χ4n) is 3.07. The van der Waals surface area contributed by atoms with Gasteiger partial charge in [-0.25, -0.2) is 19.3 Å². The largest absolute Gasteiger partial charge is 0.340 e. The third kappa shape index (κ3) is 4.87. The van der Waals surface area contributed by atoms with Crippen molar-refractivity contribution in [3.05, 3.63) is 103 Å². The molecule has 2 heterocycles. The third-order valence-corrected chi connectivity index (χ3v) is 4.63. The van der Waals surface area contributed by atoms with Gasteiger partial charge in [-0.15, -0.1) is 0 Å². The molecule has 0 spiro atoms. The average Bonchev–Trinajstić information content (AvgIpc) is 3.32. The molecule has 4 aromatic rings. The van der Waals surface area contributed by atoms with Crippen LogP contribution in [0.4, 0.5) is 4.39 Å². The Labute approximate surface area is 177 Å². The fraction of sp³-hybridized carbons (Fsp3) is 0.0870. The van der Waals surface area contributed by atoms with Crippen LogP contribution < -0.4 is 5.32 Å².